The third kappa shape index (κ3) is 3.35. The van der Waals surface area contributed by atoms with Crippen molar-refractivity contribution in [3.05, 3.63) is 59.5 Å². The quantitative estimate of drug-likeness (QED) is 0.410. The highest BCUT2D eigenvalue weighted by molar-refractivity contribution is 6.33. The second-order valence-corrected chi connectivity index (χ2v) is 8.54. The van der Waals surface area contributed by atoms with Crippen molar-refractivity contribution in [2.75, 3.05) is 5.73 Å². The number of carbonyl (C=O) groups excluding carboxylic acids is 1. The van der Waals surface area contributed by atoms with Gasteiger partial charge in [0.25, 0.3) is 0 Å². The molecule has 1 saturated carbocycles. The summed E-state index contributed by atoms with van der Waals surface area (Å²) in [6, 6.07) is 10.4. The summed E-state index contributed by atoms with van der Waals surface area (Å²) in [5, 5.41) is 12.1. The molecule has 162 valence electrons. The van der Waals surface area contributed by atoms with Gasteiger partial charge in [-0.1, -0.05) is 30.5 Å². The van der Waals surface area contributed by atoms with E-state index in [0.29, 0.717) is 33.6 Å². The van der Waals surface area contributed by atoms with E-state index in [1.54, 1.807) is 30.3 Å². The van der Waals surface area contributed by atoms with E-state index in [-0.39, 0.29) is 5.75 Å². The maximum atomic E-state index is 11.6. The van der Waals surface area contributed by atoms with Gasteiger partial charge < -0.3 is 21.1 Å². The molecule has 1 fully saturated rings. The number of nitrogens with zero attached hydrogens (tertiary/aromatic N) is 3. The molecule has 8 heteroatoms. The number of phenolic OH excluding ortho intramolecular Hbond substituents is 1. The van der Waals surface area contributed by atoms with Gasteiger partial charge in [0.1, 0.15) is 23.5 Å². The monoisotopic (exact) mass is 447 g/mol. The number of nitrogen functional groups attached to an aromatic ring is 1. The van der Waals surface area contributed by atoms with Crippen molar-refractivity contribution in [2.45, 2.75) is 31.7 Å². The fraction of sp³-hybridized carbons (Fsp3) is 0.208. The number of nitrogens with two attached hydrogens (primary N) is 2. The Balaban J connectivity index is 1.64. The van der Waals surface area contributed by atoms with Crippen LogP contribution in [0.1, 0.15) is 42.1 Å². The van der Waals surface area contributed by atoms with Gasteiger partial charge in [-0.15, -0.1) is 0 Å². The predicted octanol–water partition coefficient (Wildman–Crippen LogP) is 4.92. The number of amides is 1. The molecule has 2 aromatic carbocycles. The highest BCUT2D eigenvalue weighted by atomic mass is 35.5. The molecule has 5 N–H and O–H groups in total. The SMILES string of the molecule is NC(=O)c1ccc(Cl)c(-c2ccc(-c3cn(C4CCCC4)c4ncnc(N)c34)cc2O)c1. The smallest absolute Gasteiger partial charge is 0.248 e. The van der Waals surface area contributed by atoms with Crippen LogP contribution < -0.4 is 11.5 Å². The Kier molecular flexibility index (Phi) is 4.98. The van der Waals surface area contributed by atoms with Gasteiger partial charge >= 0.3 is 0 Å². The molecule has 0 saturated heterocycles. The molecule has 1 amide bonds. The highest BCUT2D eigenvalue weighted by Crippen LogP contribution is 2.42. The molecule has 0 spiro atoms. The van der Waals surface area contributed by atoms with Crippen LogP contribution in [0.5, 0.6) is 5.75 Å². The molecule has 5 rings (SSSR count). The Hall–Kier alpha value is -3.58. The average Bonchev–Trinajstić information content (AvgIpc) is 3.42. The fourth-order valence-corrected chi connectivity index (χ4v) is 4.82. The minimum atomic E-state index is -0.561. The van der Waals surface area contributed by atoms with Gasteiger partial charge in [-0.3, -0.25) is 4.79 Å². The Morgan fingerprint density at radius 2 is 1.84 bits per heavy atom. The van der Waals surface area contributed by atoms with Crippen LogP contribution in [-0.4, -0.2) is 25.5 Å². The minimum Gasteiger partial charge on any atom is -0.507 e. The van der Waals surface area contributed by atoms with Crippen molar-refractivity contribution in [3.8, 4) is 28.0 Å². The first kappa shape index (κ1) is 20.3. The van der Waals surface area contributed by atoms with Crippen LogP contribution in [-0.2, 0) is 0 Å². The number of aromatic nitrogens is 3. The third-order valence-corrected chi connectivity index (χ3v) is 6.54. The third-order valence-electron chi connectivity index (χ3n) is 6.21. The van der Waals surface area contributed by atoms with E-state index in [1.807, 2.05) is 6.07 Å². The van der Waals surface area contributed by atoms with Crippen LogP contribution in [0, 0.1) is 0 Å². The van der Waals surface area contributed by atoms with Crippen molar-refractivity contribution in [1.82, 2.24) is 14.5 Å². The molecular weight excluding hydrogens is 426 g/mol. The number of carbonyl (C=O) groups is 1. The van der Waals surface area contributed by atoms with Gasteiger partial charge in [-0.2, -0.15) is 0 Å². The van der Waals surface area contributed by atoms with Crippen molar-refractivity contribution in [3.63, 3.8) is 0 Å². The first-order valence-electron chi connectivity index (χ1n) is 10.5. The number of rotatable bonds is 4. The normalized spacial score (nSPS) is 14.3. The number of aromatic hydroxyl groups is 1. The predicted molar refractivity (Wildman–Crippen MR) is 126 cm³/mol. The maximum absolute atomic E-state index is 11.6. The molecule has 2 aromatic heterocycles. The van der Waals surface area contributed by atoms with E-state index in [0.717, 1.165) is 35.0 Å². The largest absolute Gasteiger partial charge is 0.507 e. The second-order valence-electron chi connectivity index (χ2n) is 8.14. The minimum absolute atomic E-state index is 0.0307. The number of hydrogen-bond donors (Lipinski definition) is 3. The molecule has 7 nitrogen and oxygen atoms in total. The number of halogens is 1. The van der Waals surface area contributed by atoms with Gasteiger partial charge in [0.2, 0.25) is 5.91 Å². The van der Waals surface area contributed by atoms with Crippen molar-refractivity contribution in [2.24, 2.45) is 5.73 Å². The molecule has 2 heterocycles. The summed E-state index contributed by atoms with van der Waals surface area (Å²) in [5.41, 5.74) is 15.5. The highest BCUT2D eigenvalue weighted by Gasteiger charge is 2.23. The van der Waals surface area contributed by atoms with Gasteiger partial charge in [0.05, 0.1) is 5.39 Å². The maximum Gasteiger partial charge on any atom is 0.248 e. The van der Waals surface area contributed by atoms with Crippen LogP contribution in [0.15, 0.2) is 48.9 Å². The number of phenols is 1. The van der Waals surface area contributed by atoms with Crippen LogP contribution in [0.25, 0.3) is 33.3 Å². The summed E-state index contributed by atoms with van der Waals surface area (Å²) in [7, 11) is 0. The second kappa shape index (κ2) is 7.84. The Bertz CT molecular complexity index is 1360. The zero-order chi connectivity index (χ0) is 22.4. The van der Waals surface area contributed by atoms with Gasteiger partial charge in [-0.05, 0) is 48.7 Å². The molecule has 1 aliphatic carbocycles. The number of anilines is 1. The zero-order valence-corrected chi connectivity index (χ0v) is 18.0. The molecule has 1 aliphatic rings. The fourth-order valence-electron chi connectivity index (χ4n) is 4.60. The molecule has 0 bridgehead atoms. The molecule has 0 atom stereocenters. The summed E-state index contributed by atoms with van der Waals surface area (Å²) >= 11 is 6.34. The van der Waals surface area contributed by atoms with E-state index in [9.17, 15) is 9.90 Å². The number of primary amides is 1. The molecule has 32 heavy (non-hydrogen) atoms. The van der Waals surface area contributed by atoms with Gasteiger partial charge in [-0.25, -0.2) is 9.97 Å². The summed E-state index contributed by atoms with van der Waals surface area (Å²) in [6.45, 7) is 0. The van der Waals surface area contributed by atoms with Crippen molar-refractivity contribution in [1.29, 1.82) is 0 Å². The van der Waals surface area contributed by atoms with Crippen LogP contribution in [0.2, 0.25) is 5.02 Å². The lowest BCUT2D eigenvalue weighted by atomic mass is 9.98. The number of fused-ring (bicyclic) bond motifs is 1. The molecule has 0 aliphatic heterocycles. The van der Waals surface area contributed by atoms with E-state index < -0.39 is 5.91 Å². The van der Waals surface area contributed by atoms with Crippen LogP contribution >= 0.6 is 11.6 Å². The van der Waals surface area contributed by atoms with E-state index in [1.165, 1.54) is 19.2 Å². The topological polar surface area (TPSA) is 120 Å². The Labute approximate surface area is 189 Å². The summed E-state index contributed by atoms with van der Waals surface area (Å²) in [4.78, 5) is 20.3. The van der Waals surface area contributed by atoms with E-state index in [2.05, 4.69) is 20.7 Å². The lowest BCUT2D eigenvalue weighted by Gasteiger charge is -2.12. The van der Waals surface area contributed by atoms with Crippen LogP contribution in [0.3, 0.4) is 0 Å². The van der Waals surface area contributed by atoms with Crippen molar-refractivity contribution >= 4 is 34.4 Å². The Morgan fingerprint density at radius 1 is 1.06 bits per heavy atom. The summed E-state index contributed by atoms with van der Waals surface area (Å²) < 4.78 is 2.19. The molecule has 0 unspecified atom stereocenters. The molecule has 0 radical (unpaired) electrons. The standard InChI is InChI=1S/C24H22ClN5O2/c25-19-8-6-14(23(27)32)9-17(19)16-7-5-13(10-20(16)31)18-11-30(15-3-1-2-4-15)24-21(18)22(26)28-12-29-24/h5-12,15,31H,1-4H2,(H2,27,32)(H2,26,28,29). The lowest BCUT2D eigenvalue weighted by molar-refractivity contribution is 0.100. The molecular formula is C24H22ClN5O2. The van der Waals surface area contributed by atoms with E-state index in [4.69, 9.17) is 23.1 Å². The number of benzene rings is 2. The van der Waals surface area contributed by atoms with E-state index >= 15 is 0 Å². The Morgan fingerprint density at radius 3 is 2.56 bits per heavy atom. The first-order valence-corrected chi connectivity index (χ1v) is 10.9. The van der Waals surface area contributed by atoms with Crippen molar-refractivity contribution < 1.29 is 9.90 Å². The van der Waals surface area contributed by atoms with Gasteiger partial charge in [0, 0.05) is 39.5 Å². The average molecular weight is 448 g/mol. The van der Waals surface area contributed by atoms with Gasteiger partial charge in [0.15, 0.2) is 0 Å². The molecule has 4 aromatic rings. The number of hydrogen-bond acceptors (Lipinski definition) is 5. The first-order chi connectivity index (χ1) is 15.4. The zero-order valence-electron chi connectivity index (χ0n) is 17.3. The summed E-state index contributed by atoms with van der Waals surface area (Å²) in [5.74, 6) is -0.125. The lowest BCUT2D eigenvalue weighted by Crippen LogP contribution is -2.10. The van der Waals surface area contributed by atoms with Crippen LogP contribution in [0.4, 0.5) is 5.82 Å². The summed E-state index contributed by atoms with van der Waals surface area (Å²) in [6.07, 6.45) is 8.14.